The van der Waals surface area contributed by atoms with Crippen LogP contribution in [0, 0.1) is 0 Å². The number of hydrogen-bond donors (Lipinski definition) is 8. The molecule has 4 aromatic rings. The molecule has 0 aliphatic carbocycles. The fourth-order valence-corrected chi connectivity index (χ4v) is 8.63. The lowest BCUT2D eigenvalue weighted by Gasteiger charge is -2.33. The Labute approximate surface area is 407 Å². The minimum Gasteiger partial charge on any atom is -0.481 e. The van der Waals surface area contributed by atoms with Crippen LogP contribution in [0.2, 0.25) is 0 Å². The molecule has 19 nitrogen and oxygen atoms in total. The molecule has 2 fully saturated rings. The van der Waals surface area contributed by atoms with Crippen molar-refractivity contribution in [3.63, 3.8) is 0 Å². The smallest absolute Gasteiger partial charge is 0.300 e. The molecule has 374 valence electrons. The lowest BCUT2D eigenvalue weighted by Crippen LogP contribution is -2.60. The minimum absolute atomic E-state index is 0.0102. The van der Waals surface area contributed by atoms with Crippen molar-refractivity contribution in [3.8, 4) is 0 Å². The van der Waals surface area contributed by atoms with E-state index >= 15 is 0 Å². The highest BCUT2D eigenvalue weighted by atomic mass is 16.4. The summed E-state index contributed by atoms with van der Waals surface area (Å²) in [6.45, 7) is 6.54. The molecule has 2 aliphatic rings. The summed E-state index contributed by atoms with van der Waals surface area (Å²) in [5.74, 6) is -5.27. The van der Waals surface area contributed by atoms with E-state index in [2.05, 4.69) is 31.6 Å². The number of nitrogens with two attached hydrogens (primary N) is 1. The normalized spacial score (nSPS) is 17.4. The van der Waals surface area contributed by atoms with Crippen LogP contribution in [0.15, 0.2) is 91.1 Å². The van der Waals surface area contributed by atoms with Gasteiger partial charge in [-0.3, -0.25) is 43.2 Å². The van der Waals surface area contributed by atoms with Crippen LogP contribution >= 0.6 is 0 Å². The molecule has 8 amide bonds. The number of nitrogens with zero attached hydrogens (tertiary/aromatic N) is 2. The summed E-state index contributed by atoms with van der Waals surface area (Å²) in [5, 5.41) is 22.0. The molecule has 1 aromatic heterocycles. The van der Waals surface area contributed by atoms with Crippen LogP contribution in [0.4, 0.5) is 0 Å². The molecular weight excluding hydrogens is 899 g/mol. The zero-order valence-electron chi connectivity index (χ0n) is 40.1. The van der Waals surface area contributed by atoms with Crippen molar-refractivity contribution in [2.45, 2.75) is 128 Å². The predicted molar refractivity (Wildman–Crippen MR) is 260 cm³/mol. The quantitative estimate of drug-likeness (QED) is 0.0641. The number of aliphatic carboxylic acids is 1. The molecule has 2 aliphatic heterocycles. The predicted octanol–water partition coefficient (Wildman–Crippen LogP) is 2.48. The van der Waals surface area contributed by atoms with Crippen molar-refractivity contribution in [1.29, 1.82) is 0 Å². The number of benzene rings is 3. The summed E-state index contributed by atoms with van der Waals surface area (Å²) in [5.41, 5.74) is 8.23. The number of aromatic nitrogens is 1. The second-order valence-electron chi connectivity index (χ2n) is 17.7. The van der Waals surface area contributed by atoms with Gasteiger partial charge in [0.2, 0.25) is 41.4 Å². The first-order chi connectivity index (χ1) is 33.5. The van der Waals surface area contributed by atoms with Crippen LogP contribution in [0.25, 0.3) is 10.9 Å². The number of H-pyrrole nitrogens is 1. The number of carboxylic acid groups (broad SMARTS) is 1. The number of unbranched alkanes of at least 4 members (excludes halogenated alkanes) is 1. The fourth-order valence-electron chi connectivity index (χ4n) is 8.63. The van der Waals surface area contributed by atoms with Gasteiger partial charge in [-0.25, -0.2) is 0 Å². The number of hydrogen-bond acceptors (Lipinski definition) is 9. The molecule has 0 bridgehead atoms. The van der Waals surface area contributed by atoms with Gasteiger partial charge in [0, 0.05) is 55.5 Å². The second-order valence-corrected chi connectivity index (χ2v) is 17.7. The second kappa shape index (κ2) is 25.7. The Bertz CT molecular complexity index is 2480. The zero-order valence-corrected chi connectivity index (χ0v) is 40.1. The van der Waals surface area contributed by atoms with Crippen molar-refractivity contribution in [2.75, 3.05) is 13.1 Å². The van der Waals surface area contributed by atoms with E-state index in [0.29, 0.717) is 56.2 Å². The Morgan fingerprint density at radius 3 is 1.91 bits per heavy atom. The monoisotopic (exact) mass is 963 g/mol. The van der Waals surface area contributed by atoms with Gasteiger partial charge in [-0.15, -0.1) is 0 Å². The molecule has 6 rings (SSSR count). The van der Waals surface area contributed by atoms with Gasteiger partial charge in [0.05, 0.1) is 0 Å². The molecule has 0 unspecified atom stereocenters. The first kappa shape index (κ1) is 53.4. The van der Waals surface area contributed by atoms with Gasteiger partial charge in [0.25, 0.3) is 11.9 Å². The summed E-state index contributed by atoms with van der Waals surface area (Å²) in [6.07, 6.45) is 5.51. The van der Waals surface area contributed by atoms with E-state index in [4.69, 9.17) is 15.6 Å². The Morgan fingerprint density at radius 1 is 0.686 bits per heavy atom. The molecule has 7 atom stereocenters. The Morgan fingerprint density at radius 2 is 1.26 bits per heavy atom. The molecule has 70 heavy (non-hydrogen) atoms. The molecule has 0 saturated carbocycles. The molecule has 0 spiro atoms. The highest BCUT2D eigenvalue weighted by Crippen LogP contribution is 2.27. The van der Waals surface area contributed by atoms with E-state index in [0.717, 1.165) is 29.8 Å². The summed E-state index contributed by atoms with van der Waals surface area (Å²) in [6, 6.07) is 17.8. The summed E-state index contributed by atoms with van der Waals surface area (Å²) in [7, 11) is 0. The van der Waals surface area contributed by atoms with Crippen LogP contribution in [0.3, 0.4) is 0 Å². The van der Waals surface area contributed by atoms with E-state index in [-0.39, 0.29) is 25.3 Å². The average Bonchev–Trinajstić information content (AvgIpc) is 4.13. The van der Waals surface area contributed by atoms with E-state index < -0.39 is 89.6 Å². The number of fused-ring (bicyclic) bond motifs is 1. The Balaban J connectivity index is 0.00000219. The van der Waals surface area contributed by atoms with Crippen LogP contribution in [0.1, 0.15) is 94.1 Å². The van der Waals surface area contributed by atoms with Crippen LogP contribution in [-0.2, 0) is 51.2 Å². The van der Waals surface area contributed by atoms with Gasteiger partial charge in [0.15, 0.2) is 0 Å². The van der Waals surface area contributed by atoms with Gasteiger partial charge in [-0.1, -0.05) is 86.5 Å². The average molecular weight is 964 g/mol. The van der Waals surface area contributed by atoms with Gasteiger partial charge in [0.1, 0.15) is 42.3 Å². The maximum absolute atomic E-state index is 14.8. The minimum atomic E-state index is -1.24. The van der Waals surface area contributed by atoms with E-state index in [9.17, 15) is 38.4 Å². The number of likely N-dealkylation sites (tertiary alicyclic amines) is 2. The third-order valence-electron chi connectivity index (χ3n) is 12.3. The highest BCUT2D eigenvalue weighted by Gasteiger charge is 2.44. The van der Waals surface area contributed by atoms with Gasteiger partial charge >= 0.3 is 0 Å². The van der Waals surface area contributed by atoms with Crippen LogP contribution < -0.4 is 32.3 Å². The van der Waals surface area contributed by atoms with Crippen molar-refractivity contribution in [1.82, 2.24) is 41.4 Å². The third-order valence-corrected chi connectivity index (χ3v) is 12.3. The van der Waals surface area contributed by atoms with Crippen LogP contribution in [0.5, 0.6) is 0 Å². The molecule has 2 saturated heterocycles. The molecule has 3 heterocycles. The lowest BCUT2D eigenvalue weighted by atomic mass is 10.0. The molecule has 3 aromatic carbocycles. The van der Waals surface area contributed by atoms with Crippen molar-refractivity contribution < 1.29 is 48.3 Å². The van der Waals surface area contributed by atoms with Crippen LogP contribution in [-0.4, -0.2) is 128 Å². The zero-order chi connectivity index (χ0) is 50.9. The van der Waals surface area contributed by atoms with Crippen molar-refractivity contribution in [3.05, 3.63) is 108 Å². The number of carboxylic acids is 1. The maximum Gasteiger partial charge on any atom is 0.300 e. The van der Waals surface area contributed by atoms with Gasteiger partial charge in [-0.2, -0.15) is 0 Å². The van der Waals surface area contributed by atoms with Gasteiger partial charge in [-0.05, 0) is 75.3 Å². The Hall–Kier alpha value is -7.57. The number of aromatic amines is 1. The first-order valence-corrected chi connectivity index (χ1v) is 23.7. The van der Waals surface area contributed by atoms with Crippen molar-refractivity contribution in [2.24, 2.45) is 5.73 Å². The fraction of sp³-hybridized carbons (Fsp3) is 0.431. The van der Waals surface area contributed by atoms with E-state index in [1.165, 1.54) is 23.6 Å². The maximum atomic E-state index is 14.8. The van der Waals surface area contributed by atoms with Crippen molar-refractivity contribution >= 4 is 64.1 Å². The number of primary amides is 1. The Kier molecular flexibility index (Phi) is 19.6. The summed E-state index contributed by atoms with van der Waals surface area (Å²) in [4.78, 5) is 124. The largest absolute Gasteiger partial charge is 0.481 e. The SMILES string of the molecule is CC(=O)O.CCCC[C@H](NC(=O)[C@@H]1CCCN1C(=O)[C@H]1CCCN1C(=O)[C@H](Cc1ccccc1)NC(=O)[C@@H](Cc1c[nH]c2ccccc12)NC(=O)[C@H](C)NC(=O)[C@H](C)NC(=O)c1ccccc1)C(N)=O. The lowest BCUT2D eigenvalue weighted by molar-refractivity contribution is -0.148. The van der Waals surface area contributed by atoms with Gasteiger partial charge < -0.3 is 52.2 Å². The number of carbonyl (C=O) groups excluding carboxylic acids is 8. The molecule has 19 heteroatoms. The molecule has 9 N–H and O–H groups in total. The standard InChI is InChI=1S/C49H61N9O8.C2H4O2/c1-4-5-21-37(42(50)59)54-47(64)40-23-14-25-57(40)49(66)41-24-15-26-58(41)48(65)39(27-32-16-8-6-9-17-32)56-46(63)38(28-34-29-51-36-22-13-12-20-35(34)36)55-44(61)31(3)52-43(60)30(2)53-45(62)33-18-10-7-11-19-33;1-2(3)4/h6-13,16-20,22,29-31,37-41,51H,4-5,14-15,21,23-28H2,1-3H3,(H2,50,59)(H,52,60)(H,53,62)(H,54,64)(H,55,61)(H,56,63);1H3,(H,3,4)/t30-,31-,37-,38+,39-,40-,41+;/m0./s1. The first-order valence-electron chi connectivity index (χ1n) is 23.7. The highest BCUT2D eigenvalue weighted by molar-refractivity contribution is 6.00. The molecular formula is C51H65N9O10. The number of carbonyl (C=O) groups is 9. The number of rotatable bonds is 20. The summed E-state index contributed by atoms with van der Waals surface area (Å²) < 4.78 is 0. The topological polar surface area (TPSA) is 282 Å². The summed E-state index contributed by atoms with van der Waals surface area (Å²) >= 11 is 0. The van der Waals surface area contributed by atoms with E-state index in [1.54, 1.807) is 36.5 Å². The molecule has 0 radical (unpaired) electrons. The number of nitrogens with one attached hydrogen (secondary N) is 6. The number of amides is 8. The third kappa shape index (κ3) is 14.7. The van der Waals surface area contributed by atoms with E-state index in [1.807, 2.05) is 61.5 Å². The number of para-hydroxylation sites is 1.